The highest BCUT2D eigenvalue weighted by atomic mass is 35.5. The molecule has 1 aliphatic heterocycles. The van der Waals surface area contributed by atoms with Crippen molar-refractivity contribution in [2.75, 3.05) is 13.1 Å². The molecular weight excluding hydrogens is 414 g/mol. The number of nitrogens with zero attached hydrogens (tertiary/aromatic N) is 4. The summed E-state index contributed by atoms with van der Waals surface area (Å²) in [4.78, 5) is 30.9. The van der Waals surface area contributed by atoms with Crippen LogP contribution >= 0.6 is 11.6 Å². The number of hydrogen-bond acceptors (Lipinski definition) is 4. The third-order valence-corrected chi connectivity index (χ3v) is 5.94. The van der Waals surface area contributed by atoms with E-state index in [2.05, 4.69) is 15.4 Å². The minimum Gasteiger partial charge on any atom is -0.352 e. The summed E-state index contributed by atoms with van der Waals surface area (Å²) in [6.45, 7) is 1.66. The predicted octanol–water partition coefficient (Wildman–Crippen LogP) is 2.57. The highest BCUT2D eigenvalue weighted by molar-refractivity contribution is 6.31. The van der Waals surface area contributed by atoms with Crippen LogP contribution < -0.4 is 5.32 Å². The highest BCUT2D eigenvalue weighted by Crippen LogP contribution is 2.24. The first-order chi connectivity index (χ1) is 15.0. The van der Waals surface area contributed by atoms with Gasteiger partial charge in [0.25, 0.3) is 5.91 Å². The van der Waals surface area contributed by atoms with Crippen LogP contribution in [0.4, 0.5) is 0 Å². The Balaban J connectivity index is 1.40. The minimum atomic E-state index is -0.135. The summed E-state index contributed by atoms with van der Waals surface area (Å²) >= 11 is 6.22. The second-order valence-electron chi connectivity index (χ2n) is 7.57. The topological polar surface area (TPSA) is 80.1 Å². The van der Waals surface area contributed by atoms with Crippen LogP contribution in [0.2, 0.25) is 5.02 Å². The van der Waals surface area contributed by atoms with Crippen molar-refractivity contribution < 1.29 is 9.59 Å². The Morgan fingerprint density at radius 3 is 2.71 bits per heavy atom. The molecule has 7 nitrogen and oxygen atoms in total. The lowest BCUT2D eigenvalue weighted by molar-refractivity contribution is -0.131. The minimum absolute atomic E-state index is 0.0551. The maximum absolute atomic E-state index is 12.9. The summed E-state index contributed by atoms with van der Waals surface area (Å²) in [5, 5.41) is 8.19. The first kappa shape index (κ1) is 21.1. The van der Waals surface area contributed by atoms with Crippen LogP contribution in [0, 0.1) is 0 Å². The van der Waals surface area contributed by atoms with Gasteiger partial charge in [-0.25, -0.2) is 0 Å². The van der Waals surface area contributed by atoms with E-state index in [1.165, 1.54) is 0 Å². The van der Waals surface area contributed by atoms with Crippen molar-refractivity contribution in [3.05, 3.63) is 81.9 Å². The molecule has 1 N–H and O–H groups in total. The number of aromatic nitrogens is 3. The lowest BCUT2D eigenvalue weighted by atomic mass is 10.0. The van der Waals surface area contributed by atoms with Crippen molar-refractivity contribution in [1.29, 1.82) is 0 Å². The van der Waals surface area contributed by atoms with Crippen LogP contribution in [0.25, 0.3) is 0 Å². The number of fused-ring (bicyclic) bond motifs is 1. The van der Waals surface area contributed by atoms with Crippen molar-refractivity contribution in [1.82, 2.24) is 25.0 Å². The van der Waals surface area contributed by atoms with Gasteiger partial charge in [0, 0.05) is 73.8 Å². The predicted molar refractivity (Wildman–Crippen MR) is 118 cm³/mol. The Hall–Kier alpha value is -3.19. The van der Waals surface area contributed by atoms with Gasteiger partial charge in [0.15, 0.2) is 0 Å². The Morgan fingerprint density at radius 1 is 1.16 bits per heavy atom. The fraction of sp³-hybridized carbons (Fsp3) is 0.304. The van der Waals surface area contributed by atoms with Crippen molar-refractivity contribution in [2.24, 2.45) is 7.05 Å². The van der Waals surface area contributed by atoms with Gasteiger partial charge in [-0.2, -0.15) is 5.10 Å². The normalized spacial score (nSPS) is 13.0. The quantitative estimate of drug-likeness (QED) is 0.642. The van der Waals surface area contributed by atoms with E-state index in [0.717, 1.165) is 28.9 Å². The van der Waals surface area contributed by atoms with Gasteiger partial charge in [0.2, 0.25) is 5.91 Å². The third kappa shape index (κ3) is 4.77. The van der Waals surface area contributed by atoms with Gasteiger partial charge in [-0.15, -0.1) is 0 Å². The van der Waals surface area contributed by atoms with E-state index < -0.39 is 0 Å². The van der Waals surface area contributed by atoms with Crippen LogP contribution in [0.1, 0.15) is 32.9 Å². The van der Waals surface area contributed by atoms with E-state index in [1.54, 1.807) is 30.6 Å². The SMILES string of the molecule is Cn1nc(CCNC(=O)c2ccncc2)c2c1CCN(C(=O)Cc1ccccc1Cl)C2. The van der Waals surface area contributed by atoms with Crippen LogP contribution in [-0.4, -0.2) is 44.6 Å². The molecule has 0 saturated heterocycles. The number of carbonyl (C=O) groups excluding carboxylic acids is 2. The van der Waals surface area contributed by atoms with Crippen LogP contribution in [-0.2, 0) is 37.6 Å². The van der Waals surface area contributed by atoms with Gasteiger partial charge < -0.3 is 10.2 Å². The Labute approximate surface area is 186 Å². The summed E-state index contributed by atoms with van der Waals surface area (Å²) in [7, 11) is 1.93. The lowest BCUT2D eigenvalue weighted by Gasteiger charge is -2.28. The largest absolute Gasteiger partial charge is 0.352 e. The molecule has 2 amide bonds. The van der Waals surface area contributed by atoms with Crippen LogP contribution in [0.5, 0.6) is 0 Å². The molecule has 3 aromatic rings. The summed E-state index contributed by atoms with van der Waals surface area (Å²) in [5.74, 6) is -0.0803. The highest BCUT2D eigenvalue weighted by Gasteiger charge is 2.26. The van der Waals surface area contributed by atoms with Gasteiger partial charge in [-0.05, 0) is 23.8 Å². The number of hydrogen-bond donors (Lipinski definition) is 1. The molecular formula is C23H24ClN5O2. The number of amides is 2. The average Bonchev–Trinajstić information content (AvgIpc) is 3.10. The molecule has 31 heavy (non-hydrogen) atoms. The summed E-state index contributed by atoms with van der Waals surface area (Å²) in [6, 6.07) is 10.8. The van der Waals surface area contributed by atoms with E-state index in [1.807, 2.05) is 34.8 Å². The van der Waals surface area contributed by atoms with Crippen LogP contribution in [0.3, 0.4) is 0 Å². The van der Waals surface area contributed by atoms with Crippen molar-refractivity contribution >= 4 is 23.4 Å². The molecule has 0 aliphatic carbocycles. The molecule has 0 unspecified atom stereocenters. The zero-order chi connectivity index (χ0) is 21.8. The van der Waals surface area contributed by atoms with Gasteiger partial charge in [0.05, 0.1) is 12.1 Å². The zero-order valence-corrected chi connectivity index (χ0v) is 18.1. The van der Waals surface area contributed by atoms with Crippen molar-refractivity contribution in [2.45, 2.75) is 25.8 Å². The first-order valence-electron chi connectivity index (χ1n) is 10.3. The van der Waals surface area contributed by atoms with E-state index in [-0.39, 0.29) is 18.2 Å². The lowest BCUT2D eigenvalue weighted by Crippen LogP contribution is -2.37. The van der Waals surface area contributed by atoms with E-state index >= 15 is 0 Å². The number of rotatable bonds is 6. The molecule has 1 aliphatic rings. The molecule has 3 heterocycles. The van der Waals surface area contributed by atoms with E-state index in [0.29, 0.717) is 36.6 Å². The molecule has 1 aromatic carbocycles. The zero-order valence-electron chi connectivity index (χ0n) is 17.3. The monoisotopic (exact) mass is 437 g/mol. The van der Waals surface area contributed by atoms with Gasteiger partial charge >= 0.3 is 0 Å². The fourth-order valence-corrected chi connectivity index (χ4v) is 4.10. The fourth-order valence-electron chi connectivity index (χ4n) is 3.90. The Bertz CT molecular complexity index is 1100. The molecule has 2 aromatic heterocycles. The maximum Gasteiger partial charge on any atom is 0.251 e. The third-order valence-electron chi connectivity index (χ3n) is 5.57. The number of halogens is 1. The molecule has 8 heteroatoms. The van der Waals surface area contributed by atoms with Crippen LogP contribution in [0.15, 0.2) is 48.8 Å². The number of aryl methyl sites for hydroxylation is 1. The van der Waals surface area contributed by atoms with Gasteiger partial charge in [-0.1, -0.05) is 29.8 Å². The molecule has 160 valence electrons. The standard InChI is InChI=1S/C23H24ClN5O2/c1-28-21-9-13-29(22(30)14-17-4-2-3-5-19(17)24)15-18(21)20(27-28)8-12-26-23(31)16-6-10-25-11-7-16/h2-7,10-11H,8-9,12-15H2,1H3,(H,26,31). The maximum atomic E-state index is 12.9. The van der Waals surface area contributed by atoms with Gasteiger partial charge in [-0.3, -0.25) is 19.3 Å². The average molecular weight is 438 g/mol. The molecule has 0 radical (unpaired) electrons. The van der Waals surface area contributed by atoms with E-state index in [4.69, 9.17) is 11.6 Å². The number of nitrogens with one attached hydrogen (secondary N) is 1. The first-order valence-corrected chi connectivity index (χ1v) is 10.6. The smallest absolute Gasteiger partial charge is 0.251 e. The summed E-state index contributed by atoms with van der Waals surface area (Å²) in [5.41, 5.74) is 4.57. The molecule has 0 atom stereocenters. The Kier molecular flexibility index (Phi) is 6.32. The van der Waals surface area contributed by atoms with Crippen molar-refractivity contribution in [3.8, 4) is 0 Å². The molecule has 0 fully saturated rings. The second kappa shape index (κ2) is 9.31. The molecule has 0 bridgehead atoms. The second-order valence-corrected chi connectivity index (χ2v) is 7.98. The summed E-state index contributed by atoms with van der Waals surface area (Å²) in [6.07, 6.45) is 4.84. The van der Waals surface area contributed by atoms with Gasteiger partial charge in [0.1, 0.15) is 0 Å². The number of pyridine rings is 1. The molecule has 0 saturated carbocycles. The summed E-state index contributed by atoms with van der Waals surface area (Å²) < 4.78 is 1.89. The van der Waals surface area contributed by atoms with Crippen molar-refractivity contribution in [3.63, 3.8) is 0 Å². The Morgan fingerprint density at radius 2 is 1.94 bits per heavy atom. The molecule has 4 rings (SSSR count). The van der Waals surface area contributed by atoms with E-state index in [9.17, 15) is 9.59 Å². The molecule has 0 spiro atoms. The number of benzene rings is 1. The number of carbonyl (C=O) groups is 2.